The molecule has 1 unspecified atom stereocenters. The number of quaternary nitrogens is 1. The molecule has 0 aromatic heterocycles. The number of hydrogen-bond donors (Lipinski definition) is 4. The molecule has 0 aliphatic rings. The van der Waals surface area contributed by atoms with Crippen LogP contribution in [-0.2, 0) is 34.0 Å². The number of amides is 3. The molecule has 0 saturated carbocycles. The molecule has 14 heteroatoms. The van der Waals surface area contributed by atoms with Crippen molar-refractivity contribution >= 4 is 33.8 Å². The van der Waals surface area contributed by atoms with E-state index in [9.17, 15) is 32.1 Å². The number of rotatable bonds is 19. The topological polar surface area (TPSA) is 191 Å². The second-order valence-corrected chi connectivity index (χ2v) is 11.4. The van der Waals surface area contributed by atoms with E-state index < -0.39 is 45.1 Å². The van der Waals surface area contributed by atoms with Gasteiger partial charge in [-0.15, -0.1) is 0 Å². The summed E-state index contributed by atoms with van der Waals surface area (Å²) >= 11 is 0. The second kappa shape index (κ2) is 15.7. The van der Waals surface area contributed by atoms with E-state index in [0.717, 1.165) is 0 Å². The average molecular weight is 539 g/mol. The maximum Gasteiger partial charge on any atom is 0.305 e. The minimum atomic E-state index is -4.28. The molecule has 0 bridgehead atoms. The second-order valence-electron chi connectivity index (χ2n) is 9.86. The van der Waals surface area contributed by atoms with Crippen LogP contribution in [0, 0.1) is 5.41 Å². The molecule has 0 radical (unpaired) electrons. The number of nitrogens with one attached hydrogen (secondary N) is 3. The average Bonchev–Trinajstić information content (AvgIpc) is 2.73. The Kier molecular flexibility index (Phi) is 14.7. The number of aliphatic carboxylic acids is 1. The SMILES string of the molecule is CCC(C)(C)C(=O)NC(CC(=O)NCCOCCC(=O)O)C(=O)NCC[N+](C)(C)CCCS(=O)(=O)[O-]. The molecule has 1 atom stereocenters. The molecular weight excluding hydrogens is 496 g/mol. The molecule has 3 amide bonds. The van der Waals surface area contributed by atoms with Crippen molar-refractivity contribution in [3.63, 3.8) is 0 Å². The van der Waals surface area contributed by atoms with E-state index in [4.69, 9.17) is 9.84 Å². The van der Waals surface area contributed by atoms with Gasteiger partial charge in [0, 0.05) is 24.1 Å². The van der Waals surface area contributed by atoms with Crippen LogP contribution >= 0.6 is 0 Å². The lowest BCUT2D eigenvalue weighted by Gasteiger charge is -2.30. The number of likely N-dealkylation sites (N-methyl/N-ethyl adjacent to an activating group) is 1. The van der Waals surface area contributed by atoms with Gasteiger partial charge in [0.25, 0.3) is 0 Å². The van der Waals surface area contributed by atoms with Crippen molar-refractivity contribution < 1.29 is 46.5 Å². The van der Waals surface area contributed by atoms with Crippen LogP contribution < -0.4 is 16.0 Å². The van der Waals surface area contributed by atoms with Crippen LogP contribution in [0.1, 0.15) is 46.5 Å². The quantitative estimate of drug-likeness (QED) is 0.0910. The molecule has 0 heterocycles. The fourth-order valence-electron chi connectivity index (χ4n) is 2.89. The number of carboxylic acids is 1. The van der Waals surface area contributed by atoms with Gasteiger partial charge in [-0.25, -0.2) is 8.42 Å². The summed E-state index contributed by atoms with van der Waals surface area (Å²) in [6.45, 7) is 6.59. The molecule has 0 aromatic rings. The zero-order chi connectivity index (χ0) is 28.0. The van der Waals surface area contributed by atoms with Gasteiger partial charge in [-0.3, -0.25) is 19.2 Å². The molecule has 0 aliphatic heterocycles. The molecule has 36 heavy (non-hydrogen) atoms. The first-order valence-electron chi connectivity index (χ1n) is 11.9. The fourth-order valence-corrected chi connectivity index (χ4v) is 3.37. The number of ether oxygens (including phenoxy) is 1. The smallest absolute Gasteiger partial charge is 0.305 e. The lowest BCUT2D eigenvalue weighted by atomic mass is 9.89. The zero-order valence-electron chi connectivity index (χ0n) is 21.9. The van der Waals surface area contributed by atoms with E-state index in [-0.39, 0.29) is 51.5 Å². The van der Waals surface area contributed by atoms with Crippen LogP contribution in [0.15, 0.2) is 0 Å². The minimum absolute atomic E-state index is 0.0138. The maximum atomic E-state index is 12.8. The van der Waals surface area contributed by atoms with Gasteiger partial charge in [-0.1, -0.05) is 20.8 Å². The van der Waals surface area contributed by atoms with Gasteiger partial charge in [0.1, 0.15) is 6.04 Å². The third-order valence-electron chi connectivity index (χ3n) is 5.71. The first-order valence-corrected chi connectivity index (χ1v) is 13.5. The van der Waals surface area contributed by atoms with Gasteiger partial charge in [-0.2, -0.15) is 0 Å². The van der Waals surface area contributed by atoms with Crippen LogP contribution in [0.25, 0.3) is 0 Å². The van der Waals surface area contributed by atoms with E-state index in [2.05, 4.69) is 16.0 Å². The summed E-state index contributed by atoms with van der Waals surface area (Å²) in [6, 6.07) is -1.11. The van der Waals surface area contributed by atoms with Crippen molar-refractivity contribution in [2.45, 2.75) is 52.5 Å². The lowest BCUT2D eigenvalue weighted by molar-refractivity contribution is -0.889. The van der Waals surface area contributed by atoms with Gasteiger partial charge in [-0.05, 0) is 6.42 Å². The fraction of sp³-hybridized carbons (Fsp3) is 0.818. The number of nitrogens with zero attached hydrogens (tertiary/aromatic N) is 1. The highest BCUT2D eigenvalue weighted by Crippen LogP contribution is 2.20. The monoisotopic (exact) mass is 538 g/mol. The van der Waals surface area contributed by atoms with Crippen LogP contribution in [0.4, 0.5) is 0 Å². The Bertz CT molecular complexity index is 844. The van der Waals surface area contributed by atoms with Crippen molar-refractivity contribution in [1.29, 1.82) is 0 Å². The predicted octanol–water partition coefficient (Wildman–Crippen LogP) is -0.967. The molecule has 0 aromatic carbocycles. The first-order chi connectivity index (χ1) is 16.5. The van der Waals surface area contributed by atoms with E-state index in [0.29, 0.717) is 24.0 Å². The summed E-state index contributed by atoms with van der Waals surface area (Å²) in [5.41, 5.74) is -0.742. The van der Waals surface area contributed by atoms with Gasteiger partial charge >= 0.3 is 5.97 Å². The Morgan fingerprint density at radius 2 is 1.69 bits per heavy atom. The summed E-state index contributed by atoms with van der Waals surface area (Å²) in [6.07, 6.45) is 0.268. The molecule has 0 spiro atoms. The van der Waals surface area contributed by atoms with Gasteiger partial charge in [0.05, 0.1) is 69.9 Å². The van der Waals surface area contributed by atoms with E-state index >= 15 is 0 Å². The zero-order valence-corrected chi connectivity index (χ0v) is 22.7. The Labute approximate surface area is 213 Å². The molecule has 4 N–H and O–H groups in total. The largest absolute Gasteiger partial charge is 0.748 e. The Hall–Kier alpha value is -2.29. The Morgan fingerprint density at radius 3 is 2.25 bits per heavy atom. The summed E-state index contributed by atoms with van der Waals surface area (Å²) in [7, 11) is -0.620. The third-order valence-corrected chi connectivity index (χ3v) is 6.50. The van der Waals surface area contributed by atoms with Crippen LogP contribution in [0.5, 0.6) is 0 Å². The molecule has 0 rings (SSSR count). The van der Waals surface area contributed by atoms with Gasteiger partial charge in [0.15, 0.2) is 0 Å². The lowest BCUT2D eigenvalue weighted by Crippen LogP contribution is -2.54. The summed E-state index contributed by atoms with van der Waals surface area (Å²) in [5, 5.41) is 16.5. The maximum absolute atomic E-state index is 12.8. The van der Waals surface area contributed by atoms with Gasteiger partial charge in [0.2, 0.25) is 17.7 Å². The highest BCUT2D eigenvalue weighted by atomic mass is 32.2. The summed E-state index contributed by atoms with van der Waals surface area (Å²) in [5.74, 6) is -2.84. The van der Waals surface area contributed by atoms with Crippen LogP contribution in [-0.4, -0.2) is 112 Å². The molecule has 13 nitrogen and oxygen atoms in total. The van der Waals surface area contributed by atoms with Crippen molar-refractivity contribution in [2.75, 3.05) is 59.2 Å². The summed E-state index contributed by atoms with van der Waals surface area (Å²) in [4.78, 5) is 48.3. The van der Waals surface area contributed by atoms with E-state index in [1.165, 1.54) is 0 Å². The minimum Gasteiger partial charge on any atom is -0.748 e. The van der Waals surface area contributed by atoms with Crippen LogP contribution in [0.3, 0.4) is 0 Å². The van der Waals surface area contributed by atoms with Crippen molar-refractivity contribution in [1.82, 2.24) is 16.0 Å². The highest BCUT2D eigenvalue weighted by Gasteiger charge is 2.31. The van der Waals surface area contributed by atoms with Crippen LogP contribution in [0.2, 0.25) is 0 Å². The highest BCUT2D eigenvalue weighted by molar-refractivity contribution is 7.85. The molecule has 210 valence electrons. The molecule has 0 aliphatic carbocycles. The summed E-state index contributed by atoms with van der Waals surface area (Å²) < 4.78 is 37.8. The number of hydrogen-bond acceptors (Lipinski definition) is 8. The number of carboxylic acid groups (broad SMARTS) is 1. The number of carbonyl (C=O) groups excluding carboxylic acids is 3. The predicted molar refractivity (Wildman–Crippen MR) is 131 cm³/mol. The first kappa shape index (κ1) is 33.7. The number of carbonyl (C=O) groups is 4. The van der Waals surface area contributed by atoms with Gasteiger partial charge < -0.3 is 34.8 Å². The van der Waals surface area contributed by atoms with E-state index in [1.54, 1.807) is 13.8 Å². The Morgan fingerprint density at radius 1 is 1.06 bits per heavy atom. The van der Waals surface area contributed by atoms with E-state index in [1.807, 2.05) is 21.0 Å². The normalized spacial score (nSPS) is 13.1. The van der Waals surface area contributed by atoms with Crippen molar-refractivity contribution in [2.24, 2.45) is 5.41 Å². The van der Waals surface area contributed by atoms with Crippen molar-refractivity contribution in [3.05, 3.63) is 0 Å². The van der Waals surface area contributed by atoms with Crippen molar-refractivity contribution in [3.8, 4) is 0 Å². The molecular formula is C22H42N4O9S. The Balaban J connectivity index is 4.89. The molecule has 0 saturated heterocycles. The third kappa shape index (κ3) is 16.4. The standard InChI is InChI=1S/C22H42N4O9S/c1-6-22(2,3)21(31)25-17(16-18(27)23-10-14-35-13-8-19(28)29)20(30)24-9-12-26(4,5)11-7-15-36(32,33)34/h17H,6-16H2,1-5H3,(H4-,23,24,25,27,28,29,30,31,32,33,34). The molecule has 0 fully saturated rings.